The van der Waals surface area contributed by atoms with Gasteiger partial charge < -0.3 is 10.0 Å². The number of nitrogens with zero attached hydrogens (tertiary/aromatic N) is 2. The summed E-state index contributed by atoms with van der Waals surface area (Å²) in [4.78, 5) is 16.0. The Labute approximate surface area is 121 Å². The second kappa shape index (κ2) is 6.86. The lowest BCUT2D eigenvalue weighted by molar-refractivity contribution is 0.0694. The highest BCUT2D eigenvalue weighted by Crippen LogP contribution is 2.18. The summed E-state index contributed by atoms with van der Waals surface area (Å²) in [5.74, 6) is -0.843. The largest absolute Gasteiger partial charge is 0.478 e. The summed E-state index contributed by atoms with van der Waals surface area (Å²) >= 11 is 0. The first kappa shape index (κ1) is 15.0. The summed E-state index contributed by atoms with van der Waals surface area (Å²) < 4.78 is 0. The smallest absolute Gasteiger partial charge is 0.336 e. The van der Waals surface area contributed by atoms with Gasteiger partial charge in [0, 0.05) is 19.1 Å². The molecule has 1 aromatic carbocycles. The van der Waals surface area contributed by atoms with Gasteiger partial charge in [0.15, 0.2) is 0 Å². The third-order valence-corrected chi connectivity index (χ3v) is 4.12. The van der Waals surface area contributed by atoms with Crippen molar-refractivity contribution in [3.05, 3.63) is 35.4 Å². The van der Waals surface area contributed by atoms with Crippen molar-refractivity contribution in [1.29, 1.82) is 0 Å². The number of rotatable bonds is 6. The van der Waals surface area contributed by atoms with Gasteiger partial charge in [0.25, 0.3) is 0 Å². The van der Waals surface area contributed by atoms with Crippen molar-refractivity contribution < 1.29 is 9.90 Å². The number of carbonyl (C=O) groups is 1. The maximum atomic E-state index is 11.2. The van der Waals surface area contributed by atoms with Gasteiger partial charge in [0.2, 0.25) is 0 Å². The third kappa shape index (κ3) is 3.58. The molecule has 2 rings (SSSR count). The molecule has 1 aromatic rings. The minimum absolute atomic E-state index is 0.415. The fourth-order valence-electron chi connectivity index (χ4n) is 3.10. The molecule has 1 N–H and O–H groups in total. The normalized spacial score (nSPS) is 19.6. The van der Waals surface area contributed by atoms with Crippen LogP contribution in [-0.2, 0) is 6.54 Å². The highest BCUT2D eigenvalue weighted by Gasteiger charge is 2.24. The van der Waals surface area contributed by atoms with Crippen LogP contribution in [0.1, 0.15) is 35.7 Å². The summed E-state index contributed by atoms with van der Waals surface area (Å²) in [6.45, 7) is 6.20. The van der Waals surface area contributed by atoms with Gasteiger partial charge in [0.05, 0.1) is 5.56 Å². The fraction of sp³-hybridized carbons (Fsp3) is 0.562. The van der Waals surface area contributed by atoms with E-state index in [1.54, 1.807) is 12.1 Å². The van der Waals surface area contributed by atoms with E-state index in [9.17, 15) is 9.90 Å². The van der Waals surface area contributed by atoms with Crippen LogP contribution in [0.3, 0.4) is 0 Å². The standard InChI is InChI=1S/C16H24N2O2/c1-3-18-10-6-8-14(18)12-17(2)11-13-7-4-5-9-15(13)16(19)20/h4-5,7,9,14H,3,6,8,10-12H2,1-2H3,(H,19,20). The van der Waals surface area contributed by atoms with Crippen molar-refractivity contribution in [3.8, 4) is 0 Å². The topological polar surface area (TPSA) is 43.8 Å². The van der Waals surface area contributed by atoms with Crippen molar-refractivity contribution >= 4 is 5.97 Å². The van der Waals surface area contributed by atoms with Crippen molar-refractivity contribution in [3.63, 3.8) is 0 Å². The van der Waals surface area contributed by atoms with E-state index < -0.39 is 5.97 Å². The van der Waals surface area contributed by atoms with E-state index in [4.69, 9.17) is 0 Å². The van der Waals surface area contributed by atoms with E-state index in [0.717, 1.165) is 18.7 Å². The first-order chi connectivity index (χ1) is 9.61. The van der Waals surface area contributed by atoms with Gasteiger partial charge in [0.1, 0.15) is 0 Å². The first-order valence-corrected chi connectivity index (χ1v) is 7.35. The molecule has 1 atom stereocenters. The van der Waals surface area contributed by atoms with Crippen molar-refractivity contribution in [1.82, 2.24) is 9.80 Å². The molecule has 0 bridgehead atoms. The number of carboxylic acid groups (broad SMARTS) is 1. The zero-order valence-corrected chi connectivity index (χ0v) is 12.4. The predicted octanol–water partition coefficient (Wildman–Crippen LogP) is 2.30. The summed E-state index contributed by atoms with van der Waals surface area (Å²) in [7, 11) is 2.07. The number of carboxylic acids is 1. The molecule has 1 aliphatic heterocycles. The molecular weight excluding hydrogens is 252 g/mol. The Morgan fingerprint density at radius 2 is 2.20 bits per heavy atom. The maximum Gasteiger partial charge on any atom is 0.336 e. The quantitative estimate of drug-likeness (QED) is 0.866. The average molecular weight is 276 g/mol. The molecule has 1 heterocycles. The molecule has 1 saturated heterocycles. The lowest BCUT2D eigenvalue weighted by atomic mass is 10.1. The van der Waals surface area contributed by atoms with Crippen LogP contribution in [0, 0.1) is 0 Å². The third-order valence-electron chi connectivity index (χ3n) is 4.12. The van der Waals surface area contributed by atoms with Gasteiger partial charge >= 0.3 is 5.97 Å². The Balaban J connectivity index is 1.98. The van der Waals surface area contributed by atoms with Crippen LogP contribution < -0.4 is 0 Å². The van der Waals surface area contributed by atoms with Crippen molar-refractivity contribution in [2.45, 2.75) is 32.4 Å². The molecule has 0 aromatic heterocycles. The Morgan fingerprint density at radius 1 is 1.45 bits per heavy atom. The first-order valence-electron chi connectivity index (χ1n) is 7.35. The fourth-order valence-corrected chi connectivity index (χ4v) is 3.10. The zero-order chi connectivity index (χ0) is 14.5. The summed E-state index contributed by atoms with van der Waals surface area (Å²) in [6.07, 6.45) is 2.52. The highest BCUT2D eigenvalue weighted by atomic mass is 16.4. The van der Waals surface area contributed by atoms with Gasteiger partial charge in [-0.3, -0.25) is 4.90 Å². The molecule has 0 saturated carbocycles. The van der Waals surface area contributed by atoms with Crippen LogP contribution in [0.15, 0.2) is 24.3 Å². The molecule has 110 valence electrons. The molecule has 0 radical (unpaired) electrons. The second-order valence-corrected chi connectivity index (χ2v) is 5.58. The number of hydrogen-bond acceptors (Lipinski definition) is 3. The van der Waals surface area contributed by atoms with E-state index in [2.05, 4.69) is 23.8 Å². The number of hydrogen-bond donors (Lipinski definition) is 1. The van der Waals surface area contributed by atoms with E-state index in [0.29, 0.717) is 18.2 Å². The van der Waals surface area contributed by atoms with Crippen LogP contribution in [-0.4, -0.2) is 53.6 Å². The Hall–Kier alpha value is -1.39. The number of aromatic carboxylic acids is 1. The summed E-state index contributed by atoms with van der Waals surface area (Å²) in [5, 5.41) is 9.22. The Morgan fingerprint density at radius 3 is 2.90 bits per heavy atom. The molecule has 0 aliphatic carbocycles. The summed E-state index contributed by atoms with van der Waals surface area (Å²) in [5.41, 5.74) is 1.31. The van der Waals surface area contributed by atoms with E-state index in [1.807, 2.05) is 12.1 Å². The highest BCUT2D eigenvalue weighted by molar-refractivity contribution is 5.89. The molecule has 4 nitrogen and oxygen atoms in total. The Kier molecular flexibility index (Phi) is 5.15. The SMILES string of the molecule is CCN1CCCC1CN(C)Cc1ccccc1C(=O)O. The minimum atomic E-state index is -0.843. The van der Waals surface area contributed by atoms with Gasteiger partial charge in [-0.25, -0.2) is 4.79 Å². The predicted molar refractivity (Wildman–Crippen MR) is 80.0 cm³/mol. The van der Waals surface area contributed by atoms with Crippen LogP contribution in [0.4, 0.5) is 0 Å². The van der Waals surface area contributed by atoms with E-state index in [-0.39, 0.29) is 0 Å². The average Bonchev–Trinajstić information content (AvgIpc) is 2.86. The Bertz CT molecular complexity index is 462. The zero-order valence-electron chi connectivity index (χ0n) is 12.4. The van der Waals surface area contributed by atoms with Crippen molar-refractivity contribution in [2.24, 2.45) is 0 Å². The van der Waals surface area contributed by atoms with Gasteiger partial charge in [-0.1, -0.05) is 25.1 Å². The van der Waals surface area contributed by atoms with Crippen LogP contribution >= 0.6 is 0 Å². The van der Waals surface area contributed by atoms with E-state index in [1.165, 1.54) is 19.4 Å². The molecule has 1 aliphatic rings. The number of benzene rings is 1. The number of likely N-dealkylation sites (tertiary alicyclic amines) is 1. The maximum absolute atomic E-state index is 11.2. The van der Waals surface area contributed by atoms with Crippen LogP contribution in [0.2, 0.25) is 0 Å². The van der Waals surface area contributed by atoms with E-state index >= 15 is 0 Å². The second-order valence-electron chi connectivity index (χ2n) is 5.58. The minimum Gasteiger partial charge on any atom is -0.478 e. The molecule has 4 heteroatoms. The van der Waals surface area contributed by atoms with Gasteiger partial charge in [-0.05, 0) is 44.6 Å². The van der Waals surface area contributed by atoms with Gasteiger partial charge in [-0.15, -0.1) is 0 Å². The molecule has 20 heavy (non-hydrogen) atoms. The van der Waals surface area contributed by atoms with Gasteiger partial charge in [-0.2, -0.15) is 0 Å². The molecule has 1 unspecified atom stereocenters. The molecular formula is C16H24N2O2. The lowest BCUT2D eigenvalue weighted by Crippen LogP contribution is -2.38. The molecule has 0 amide bonds. The van der Waals surface area contributed by atoms with Crippen LogP contribution in [0.5, 0.6) is 0 Å². The van der Waals surface area contributed by atoms with Crippen molar-refractivity contribution in [2.75, 3.05) is 26.7 Å². The monoisotopic (exact) mass is 276 g/mol. The van der Waals surface area contributed by atoms with Crippen LogP contribution in [0.25, 0.3) is 0 Å². The molecule has 1 fully saturated rings. The molecule has 0 spiro atoms. The number of likely N-dealkylation sites (N-methyl/N-ethyl adjacent to an activating group) is 2. The summed E-state index contributed by atoms with van der Waals surface area (Å²) in [6, 6.07) is 7.89. The lowest BCUT2D eigenvalue weighted by Gasteiger charge is -2.28.